The molecular weight excluding hydrogens is 332 g/mol. The van der Waals surface area contributed by atoms with Crippen molar-refractivity contribution in [2.24, 2.45) is 0 Å². The van der Waals surface area contributed by atoms with E-state index in [0.717, 1.165) is 4.90 Å². The summed E-state index contributed by atoms with van der Waals surface area (Å²) in [6.07, 6.45) is -0.0477. The lowest BCUT2D eigenvalue weighted by molar-refractivity contribution is -0.131. The average Bonchev–Trinajstić information content (AvgIpc) is 2.91. The number of carbonyl (C=O) groups is 3. The van der Waals surface area contributed by atoms with E-state index < -0.39 is 11.9 Å². The first-order valence-corrected chi connectivity index (χ1v) is 7.87. The number of halogens is 1. The van der Waals surface area contributed by atoms with E-state index in [0.29, 0.717) is 15.0 Å². The molecular formula is C13H9ClN2O3S2. The van der Waals surface area contributed by atoms with Crippen molar-refractivity contribution in [3.05, 3.63) is 29.3 Å². The normalized spacial score (nSPS) is 22.6. The number of amides is 3. The molecule has 2 fully saturated rings. The number of hydrogen-bond acceptors (Lipinski definition) is 5. The van der Waals surface area contributed by atoms with Gasteiger partial charge in [0.1, 0.15) is 10.4 Å². The van der Waals surface area contributed by atoms with Gasteiger partial charge in [-0.25, -0.2) is 4.90 Å². The number of anilines is 1. The SMILES string of the molecule is O=C1CC(N2C(=O)CSC2=S)C(=O)N1c1ccc(Cl)cc1. The summed E-state index contributed by atoms with van der Waals surface area (Å²) >= 11 is 12.1. The zero-order valence-corrected chi connectivity index (χ0v) is 13.0. The molecule has 1 aromatic rings. The van der Waals surface area contributed by atoms with Crippen LogP contribution in [0.3, 0.4) is 0 Å². The van der Waals surface area contributed by atoms with Gasteiger partial charge in [0.15, 0.2) is 0 Å². The summed E-state index contributed by atoms with van der Waals surface area (Å²) in [7, 11) is 0. The lowest BCUT2D eigenvalue weighted by atomic mass is 10.2. The fourth-order valence-electron chi connectivity index (χ4n) is 2.34. The summed E-state index contributed by atoms with van der Waals surface area (Å²) in [4.78, 5) is 38.8. The van der Waals surface area contributed by atoms with E-state index in [2.05, 4.69) is 0 Å². The van der Waals surface area contributed by atoms with Gasteiger partial charge in [0.25, 0.3) is 5.91 Å². The molecule has 21 heavy (non-hydrogen) atoms. The smallest absolute Gasteiger partial charge is 0.257 e. The van der Waals surface area contributed by atoms with Gasteiger partial charge >= 0.3 is 0 Å². The Kier molecular flexibility index (Phi) is 3.73. The molecule has 1 atom stereocenters. The van der Waals surface area contributed by atoms with Crippen LogP contribution in [0.15, 0.2) is 24.3 Å². The molecule has 1 aromatic carbocycles. The van der Waals surface area contributed by atoms with Gasteiger partial charge < -0.3 is 0 Å². The molecule has 0 aliphatic carbocycles. The Bertz CT molecular complexity index is 646. The van der Waals surface area contributed by atoms with Crippen molar-refractivity contribution in [3.8, 4) is 0 Å². The Balaban J connectivity index is 1.90. The summed E-state index contributed by atoms with van der Waals surface area (Å²) in [5.41, 5.74) is 0.446. The highest BCUT2D eigenvalue weighted by atomic mass is 35.5. The molecule has 0 N–H and O–H groups in total. The van der Waals surface area contributed by atoms with Gasteiger partial charge in [-0.2, -0.15) is 0 Å². The number of rotatable bonds is 2. The van der Waals surface area contributed by atoms with Crippen LogP contribution in [-0.4, -0.2) is 38.7 Å². The zero-order chi connectivity index (χ0) is 15.1. The minimum absolute atomic E-state index is 0.0477. The second-order valence-corrected chi connectivity index (χ2v) is 6.63. The van der Waals surface area contributed by atoms with Gasteiger partial charge in [0, 0.05) is 5.02 Å². The van der Waals surface area contributed by atoms with E-state index in [9.17, 15) is 14.4 Å². The first-order valence-electron chi connectivity index (χ1n) is 6.10. The van der Waals surface area contributed by atoms with E-state index >= 15 is 0 Å². The number of hydrogen-bond donors (Lipinski definition) is 0. The van der Waals surface area contributed by atoms with Crippen LogP contribution in [0.4, 0.5) is 5.69 Å². The minimum atomic E-state index is -0.830. The Morgan fingerprint density at radius 3 is 2.38 bits per heavy atom. The highest BCUT2D eigenvalue weighted by molar-refractivity contribution is 8.24. The highest BCUT2D eigenvalue weighted by Gasteiger charge is 2.47. The highest BCUT2D eigenvalue weighted by Crippen LogP contribution is 2.31. The molecule has 0 aromatic heterocycles. The largest absolute Gasteiger partial charge is 0.284 e. The van der Waals surface area contributed by atoms with Gasteiger partial charge in [0.05, 0.1) is 17.9 Å². The van der Waals surface area contributed by atoms with E-state index in [1.165, 1.54) is 16.7 Å². The van der Waals surface area contributed by atoms with E-state index in [1.807, 2.05) is 0 Å². The number of thioether (sulfide) groups is 1. The van der Waals surface area contributed by atoms with Crippen LogP contribution >= 0.6 is 35.6 Å². The first kappa shape index (κ1) is 14.5. The van der Waals surface area contributed by atoms with E-state index in [-0.39, 0.29) is 24.0 Å². The molecule has 2 heterocycles. The maximum Gasteiger partial charge on any atom is 0.257 e. The Labute approximate surface area is 135 Å². The molecule has 2 aliphatic rings. The van der Waals surface area contributed by atoms with Crippen molar-refractivity contribution >= 4 is 63.3 Å². The second-order valence-electron chi connectivity index (χ2n) is 4.58. The van der Waals surface area contributed by atoms with Gasteiger partial charge in [-0.05, 0) is 24.3 Å². The van der Waals surface area contributed by atoms with Crippen molar-refractivity contribution in [1.82, 2.24) is 4.90 Å². The third kappa shape index (κ3) is 2.45. The number of imide groups is 1. The average molecular weight is 341 g/mol. The van der Waals surface area contributed by atoms with Gasteiger partial charge in [-0.1, -0.05) is 35.6 Å². The maximum atomic E-state index is 12.5. The molecule has 0 saturated carbocycles. The monoisotopic (exact) mass is 340 g/mol. The molecule has 0 bridgehead atoms. The van der Waals surface area contributed by atoms with Crippen LogP contribution < -0.4 is 4.90 Å². The van der Waals surface area contributed by atoms with Crippen LogP contribution in [0.5, 0.6) is 0 Å². The maximum absolute atomic E-state index is 12.5. The fraction of sp³-hybridized carbons (Fsp3) is 0.231. The number of nitrogens with zero attached hydrogens (tertiary/aromatic N) is 2. The predicted octanol–water partition coefficient (Wildman–Crippen LogP) is 1.83. The standard InChI is InChI=1S/C13H9ClN2O3S2/c14-7-1-3-8(4-2-7)15-10(17)5-9(12(15)19)16-11(18)6-21-13(16)20/h1-4,9H,5-6H2. The van der Waals surface area contributed by atoms with E-state index in [1.54, 1.807) is 24.3 Å². The first-order chi connectivity index (χ1) is 9.99. The lowest BCUT2D eigenvalue weighted by Crippen LogP contribution is -2.44. The van der Waals surface area contributed by atoms with E-state index in [4.69, 9.17) is 23.8 Å². The van der Waals surface area contributed by atoms with Crippen molar-refractivity contribution in [3.63, 3.8) is 0 Å². The second kappa shape index (κ2) is 5.40. The van der Waals surface area contributed by atoms with Crippen molar-refractivity contribution in [2.45, 2.75) is 12.5 Å². The molecule has 8 heteroatoms. The van der Waals surface area contributed by atoms with Crippen LogP contribution in [0, 0.1) is 0 Å². The topological polar surface area (TPSA) is 57.7 Å². The molecule has 108 valence electrons. The third-order valence-corrected chi connectivity index (χ3v) is 4.94. The summed E-state index contributed by atoms with van der Waals surface area (Å²) in [5.74, 6) is -0.785. The van der Waals surface area contributed by atoms with Crippen LogP contribution in [0.25, 0.3) is 0 Å². The quantitative estimate of drug-likeness (QED) is 0.607. The van der Waals surface area contributed by atoms with Crippen molar-refractivity contribution in [2.75, 3.05) is 10.7 Å². The van der Waals surface area contributed by atoms with Crippen molar-refractivity contribution < 1.29 is 14.4 Å². The molecule has 3 amide bonds. The number of carbonyl (C=O) groups excluding carboxylic acids is 3. The number of benzene rings is 1. The van der Waals surface area contributed by atoms with Gasteiger partial charge in [-0.3, -0.25) is 19.3 Å². The molecule has 1 unspecified atom stereocenters. The molecule has 3 rings (SSSR count). The van der Waals surface area contributed by atoms with Crippen LogP contribution in [-0.2, 0) is 14.4 Å². The summed E-state index contributed by atoms with van der Waals surface area (Å²) in [6, 6.07) is 5.57. The molecule has 0 radical (unpaired) electrons. The van der Waals surface area contributed by atoms with Crippen molar-refractivity contribution in [1.29, 1.82) is 0 Å². The van der Waals surface area contributed by atoms with Gasteiger partial charge in [0.2, 0.25) is 11.8 Å². The summed E-state index contributed by atoms with van der Waals surface area (Å²) in [5, 5.41) is 0.515. The molecule has 0 spiro atoms. The fourth-order valence-corrected chi connectivity index (χ4v) is 3.63. The summed E-state index contributed by atoms with van der Waals surface area (Å²) in [6.45, 7) is 0. The number of thiocarbonyl (C=S) groups is 1. The molecule has 2 aliphatic heterocycles. The Morgan fingerprint density at radius 1 is 1.14 bits per heavy atom. The molecule has 5 nitrogen and oxygen atoms in total. The minimum Gasteiger partial charge on any atom is -0.284 e. The Morgan fingerprint density at radius 2 is 1.81 bits per heavy atom. The summed E-state index contributed by atoms with van der Waals surface area (Å²) < 4.78 is 0.351. The van der Waals surface area contributed by atoms with Gasteiger partial charge in [-0.15, -0.1) is 0 Å². The third-order valence-electron chi connectivity index (χ3n) is 3.30. The lowest BCUT2D eigenvalue weighted by Gasteiger charge is -2.21. The van der Waals surface area contributed by atoms with Crippen LogP contribution in [0.2, 0.25) is 5.02 Å². The molecule has 2 saturated heterocycles. The zero-order valence-electron chi connectivity index (χ0n) is 10.6. The predicted molar refractivity (Wildman–Crippen MR) is 84.3 cm³/mol. The Hall–Kier alpha value is -1.44. The van der Waals surface area contributed by atoms with Crippen LogP contribution in [0.1, 0.15) is 6.42 Å².